The predicted octanol–water partition coefficient (Wildman–Crippen LogP) is 2.74. The molecule has 1 heterocycles. The molecule has 0 saturated heterocycles. The molecular formula is C13H20F3N3O. The predicted molar refractivity (Wildman–Crippen MR) is 73.0 cm³/mol. The van der Waals surface area contributed by atoms with E-state index in [1.807, 2.05) is 6.92 Å². The van der Waals surface area contributed by atoms with Crippen molar-refractivity contribution in [1.82, 2.24) is 4.98 Å². The van der Waals surface area contributed by atoms with Crippen LogP contribution in [0, 0.1) is 0 Å². The van der Waals surface area contributed by atoms with Gasteiger partial charge >= 0.3 is 6.18 Å². The molecule has 0 fully saturated rings. The molecule has 20 heavy (non-hydrogen) atoms. The fourth-order valence-electron chi connectivity index (χ4n) is 1.55. The molecule has 1 aromatic rings. The molecule has 0 radical (unpaired) electrons. The van der Waals surface area contributed by atoms with Crippen molar-refractivity contribution in [3.05, 3.63) is 17.7 Å². The van der Waals surface area contributed by atoms with Crippen LogP contribution in [0.5, 0.6) is 0 Å². The number of hydrogen-bond donors (Lipinski definition) is 2. The monoisotopic (exact) mass is 291 g/mol. The summed E-state index contributed by atoms with van der Waals surface area (Å²) in [5, 5.41) is 12.0. The Hall–Kier alpha value is -1.50. The minimum atomic E-state index is -4.43. The highest BCUT2D eigenvalue weighted by Crippen LogP contribution is 2.33. The van der Waals surface area contributed by atoms with Crippen molar-refractivity contribution in [1.29, 1.82) is 0 Å². The van der Waals surface area contributed by atoms with Crippen LogP contribution in [0.1, 0.15) is 25.8 Å². The highest BCUT2D eigenvalue weighted by Gasteiger charge is 2.32. The Morgan fingerprint density at radius 1 is 1.40 bits per heavy atom. The highest BCUT2D eigenvalue weighted by molar-refractivity contribution is 5.51. The van der Waals surface area contributed by atoms with Crippen molar-refractivity contribution in [3.8, 4) is 0 Å². The number of nitrogens with zero attached hydrogens (tertiary/aromatic N) is 2. The molecule has 2 N–H and O–H groups in total. The summed E-state index contributed by atoms with van der Waals surface area (Å²) in [6, 6.07) is 1.67. The van der Waals surface area contributed by atoms with E-state index in [-0.39, 0.29) is 24.3 Å². The maximum Gasteiger partial charge on any atom is 0.416 e. The van der Waals surface area contributed by atoms with Crippen LogP contribution in [-0.4, -0.2) is 36.3 Å². The lowest BCUT2D eigenvalue weighted by atomic mass is 10.2. The third kappa shape index (κ3) is 4.26. The number of pyridine rings is 1. The molecule has 114 valence electrons. The number of halogens is 3. The molecule has 1 atom stereocenters. The molecule has 1 unspecified atom stereocenters. The number of hydrogen-bond acceptors (Lipinski definition) is 4. The molecule has 1 aromatic heterocycles. The smallest absolute Gasteiger partial charge is 0.394 e. The zero-order valence-electron chi connectivity index (χ0n) is 11.8. The maximum absolute atomic E-state index is 12.9. The van der Waals surface area contributed by atoms with E-state index in [4.69, 9.17) is 5.11 Å². The van der Waals surface area contributed by atoms with Crippen molar-refractivity contribution in [2.75, 3.05) is 30.4 Å². The molecule has 7 heteroatoms. The van der Waals surface area contributed by atoms with E-state index in [9.17, 15) is 13.2 Å². The van der Waals surface area contributed by atoms with Gasteiger partial charge in [-0.15, -0.1) is 0 Å². The first-order valence-electron chi connectivity index (χ1n) is 6.46. The van der Waals surface area contributed by atoms with E-state index in [0.29, 0.717) is 6.54 Å². The Balaban J connectivity index is 3.15. The van der Waals surface area contributed by atoms with Gasteiger partial charge in [-0.2, -0.15) is 13.2 Å². The van der Waals surface area contributed by atoms with Gasteiger partial charge in [0.25, 0.3) is 0 Å². The number of likely N-dealkylation sites (N-methyl/N-ethyl adjacent to an activating group) is 1. The molecule has 0 aliphatic rings. The van der Waals surface area contributed by atoms with Crippen LogP contribution in [0.4, 0.5) is 24.8 Å². The van der Waals surface area contributed by atoms with Gasteiger partial charge in [0.1, 0.15) is 11.6 Å². The van der Waals surface area contributed by atoms with E-state index in [2.05, 4.69) is 10.3 Å². The second-order valence-electron chi connectivity index (χ2n) is 4.67. The SMILES string of the molecule is CCCNc1cc(C(F)(F)F)cc(N(C)C(C)CO)n1. The summed E-state index contributed by atoms with van der Waals surface area (Å²) in [4.78, 5) is 5.68. The summed E-state index contributed by atoms with van der Waals surface area (Å²) in [5.74, 6) is 0.369. The van der Waals surface area contributed by atoms with E-state index >= 15 is 0 Å². The van der Waals surface area contributed by atoms with Crippen molar-refractivity contribution in [2.45, 2.75) is 32.5 Å². The van der Waals surface area contributed by atoms with Gasteiger partial charge in [-0.05, 0) is 25.5 Å². The van der Waals surface area contributed by atoms with Crippen LogP contribution in [0.25, 0.3) is 0 Å². The largest absolute Gasteiger partial charge is 0.416 e. The number of nitrogens with one attached hydrogen (secondary N) is 1. The number of aromatic nitrogens is 1. The number of rotatable bonds is 6. The van der Waals surface area contributed by atoms with E-state index in [1.54, 1.807) is 14.0 Å². The van der Waals surface area contributed by atoms with Crippen LogP contribution >= 0.6 is 0 Å². The van der Waals surface area contributed by atoms with Crippen molar-refractivity contribution in [3.63, 3.8) is 0 Å². The minimum absolute atomic E-state index is 0.161. The van der Waals surface area contributed by atoms with Crippen LogP contribution in [0.3, 0.4) is 0 Å². The molecule has 0 spiro atoms. The lowest BCUT2D eigenvalue weighted by molar-refractivity contribution is -0.137. The lowest BCUT2D eigenvalue weighted by Crippen LogP contribution is -2.32. The zero-order valence-corrected chi connectivity index (χ0v) is 11.8. The summed E-state index contributed by atoms with van der Waals surface area (Å²) < 4.78 is 38.7. The van der Waals surface area contributed by atoms with Crippen molar-refractivity contribution < 1.29 is 18.3 Å². The third-order valence-electron chi connectivity index (χ3n) is 2.98. The van der Waals surface area contributed by atoms with Crippen LogP contribution in [0.15, 0.2) is 12.1 Å². The molecule has 1 rings (SSSR count). The molecule has 0 aliphatic heterocycles. The molecule has 0 aliphatic carbocycles. The summed E-state index contributed by atoms with van der Waals surface area (Å²) in [5.41, 5.74) is -0.752. The number of anilines is 2. The van der Waals surface area contributed by atoms with Crippen molar-refractivity contribution in [2.24, 2.45) is 0 Å². The second-order valence-corrected chi connectivity index (χ2v) is 4.67. The summed E-state index contributed by atoms with van der Waals surface area (Å²) >= 11 is 0. The normalized spacial score (nSPS) is 13.2. The Kier molecular flexibility index (Phi) is 5.62. The van der Waals surface area contributed by atoms with Crippen LogP contribution in [0.2, 0.25) is 0 Å². The molecule has 0 aromatic carbocycles. The molecule has 0 bridgehead atoms. The minimum Gasteiger partial charge on any atom is -0.394 e. The molecule has 4 nitrogen and oxygen atoms in total. The van der Waals surface area contributed by atoms with Gasteiger partial charge in [0, 0.05) is 13.6 Å². The Bertz CT molecular complexity index is 437. The molecule has 0 saturated carbocycles. The topological polar surface area (TPSA) is 48.4 Å². The number of aliphatic hydroxyl groups is 1. The first-order valence-corrected chi connectivity index (χ1v) is 6.46. The quantitative estimate of drug-likeness (QED) is 0.846. The van der Waals surface area contributed by atoms with Gasteiger partial charge < -0.3 is 15.3 Å². The molecular weight excluding hydrogens is 271 g/mol. The molecule has 0 amide bonds. The van der Waals surface area contributed by atoms with E-state index < -0.39 is 11.7 Å². The van der Waals surface area contributed by atoms with Gasteiger partial charge in [-0.1, -0.05) is 6.92 Å². The van der Waals surface area contributed by atoms with Gasteiger partial charge in [0.15, 0.2) is 0 Å². The number of alkyl halides is 3. The average molecular weight is 291 g/mol. The first kappa shape index (κ1) is 16.6. The Morgan fingerprint density at radius 2 is 2.05 bits per heavy atom. The average Bonchev–Trinajstić information content (AvgIpc) is 2.42. The summed E-state index contributed by atoms with van der Waals surface area (Å²) in [6.07, 6.45) is -3.64. The first-order chi connectivity index (χ1) is 9.29. The Morgan fingerprint density at radius 3 is 2.55 bits per heavy atom. The van der Waals surface area contributed by atoms with Crippen LogP contribution < -0.4 is 10.2 Å². The summed E-state index contributed by atoms with van der Waals surface area (Å²) in [6.45, 7) is 4.02. The van der Waals surface area contributed by atoms with Gasteiger partial charge in [-0.3, -0.25) is 0 Å². The summed E-state index contributed by atoms with van der Waals surface area (Å²) in [7, 11) is 1.60. The number of aliphatic hydroxyl groups excluding tert-OH is 1. The highest BCUT2D eigenvalue weighted by atomic mass is 19.4. The maximum atomic E-state index is 12.9. The van der Waals surface area contributed by atoms with Gasteiger partial charge in [0.05, 0.1) is 18.2 Å². The van der Waals surface area contributed by atoms with Gasteiger partial charge in [-0.25, -0.2) is 4.98 Å². The third-order valence-corrected chi connectivity index (χ3v) is 2.98. The zero-order chi connectivity index (χ0) is 15.3. The van der Waals surface area contributed by atoms with Crippen LogP contribution in [-0.2, 0) is 6.18 Å². The second kappa shape index (κ2) is 6.78. The standard InChI is InChI=1S/C13H20F3N3O/c1-4-5-17-11-6-10(13(14,15)16)7-12(18-11)19(3)9(2)8-20/h6-7,9,20H,4-5,8H2,1-3H3,(H,17,18). The van der Waals surface area contributed by atoms with Crippen molar-refractivity contribution >= 4 is 11.6 Å². The van der Waals surface area contributed by atoms with E-state index in [0.717, 1.165) is 18.6 Å². The fraction of sp³-hybridized carbons (Fsp3) is 0.615. The lowest BCUT2D eigenvalue weighted by Gasteiger charge is -2.25. The van der Waals surface area contributed by atoms with Gasteiger partial charge in [0.2, 0.25) is 0 Å². The fourth-order valence-corrected chi connectivity index (χ4v) is 1.55. The Labute approximate surface area is 116 Å². The van der Waals surface area contributed by atoms with E-state index in [1.165, 1.54) is 4.90 Å².